The topological polar surface area (TPSA) is 24.4 Å². The zero-order chi connectivity index (χ0) is 10.7. The number of halogens is 2. The quantitative estimate of drug-likeness (QED) is 0.865. The predicted octanol–water partition coefficient (Wildman–Crippen LogP) is 2.67. The number of benzene rings is 1. The molecular formula is C10H10ClFN2S. The Morgan fingerprint density at radius 3 is 3.13 bits per heavy atom. The van der Waals surface area contributed by atoms with Gasteiger partial charge in [-0.3, -0.25) is 4.99 Å². The molecule has 0 radical (unpaired) electrons. The molecule has 0 bridgehead atoms. The third-order valence-electron chi connectivity index (χ3n) is 2.05. The highest BCUT2D eigenvalue weighted by atomic mass is 35.5. The van der Waals surface area contributed by atoms with Crippen LogP contribution in [-0.4, -0.2) is 17.5 Å². The monoisotopic (exact) mass is 244 g/mol. The van der Waals surface area contributed by atoms with Crippen LogP contribution in [0.5, 0.6) is 0 Å². The average molecular weight is 245 g/mol. The number of amidine groups is 1. The number of hydrogen-bond donors (Lipinski definition) is 1. The molecule has 0 aromatic heterocycles. The summed E-state index contributed by atoms with van der Waals surface area (Å²) in [6.07, 6.45) is 0. The van der Waals surface area contributed by atoms with E-state index in [-0.39, 0.29) is 10.8 Å². The van der Waals surface area contributed by atoms with Crippen molar-refractivity contribution >= 4 is 28.5 Å². The molecule has 0 fully saturated rings. The molecule has 2 nitrogen and oxygen atoms in total. The van der Waals surface area contributed by atoms with Gasteiger partial charge in [-0.15, -0.1) is 0 Å². The molecule has 0 saturated heterocycles. The van der Waals surface area contributed by atoms with Crippen molar-refractivity contribution in [3.8, 4) is 0 Å². The first-order chi connectivity index (χ1) is 7.27. The molecule has 5 heteroatoms. The highest BCUT2D eigenvalue weighted by Gasteiger charge is 2.09. The van der Waals surface area contributed by atoms with Crippen molar-refractivity contribution in [3.05, 3.63) is 34.6 Å². The van der Waals surface area contributed by atoms with Gasteiger partial charge >= 0.3 is 0 Å². The molecule has 1 aromatic carbocycles. The first-order valence-corrected chi connectivity index (χ1v) is 5.98. The molecule has 1 heterocycles. The molecule has 80 valence electrons. The summed E-state index contributed by atoms with van der Waals surface area (Å²) in [7, 11) is 0. The number of rotatable bonds is 2. The van der Waals surface area contributed by atoms with Gasteiger partial charge in [0.2, 0.25) is 0 Å². The molecule has 0 aliphatic carbocycles. The highest BCUT2D eigenvalue weighted by Crippen LogP contribution is 2.18. The number of aliphatic imine (C=N–C) groups is 1. The summed E-state index contributed by atoms with van der Waals surface area (Å²) in [5.74, 6) is 0.649. The smallest absolute Gasteiger partial charge is 0.156 e. The summed E-state index contributed by atoms with van der Waals surface area (Å²) < 4.78 is 13.5. The van der Waals surface area contributed by atoms with E-state index in [1.54, 1.807) is 30.0 Å². The van der Waals surface area contributed by atoms with Crippen LogP contribution in [0.2, 0.25) is 5.02 Å². The fourth-order valence-electron chi connectivity index (χ4n) is 1.30. The van der Waals surface area contributed by atoms with Gasteiger partial charge in [-0.1, -0.05) is 35.5 Å². The zero-order valence-electron chi connectivity index (χ0n) is 7.96. The summed E-state index contributed by atoms with van der Waals surface area (Å²) >= 11 is 7.33. The maximum absolute atomic E-state index is 13.5. The number of nitrogens with zero attached hydrogens (tertiary/aromatic N) is 1. The molecule has 0 amide bonds. The van der Waals surface area contributed by atoms with Crippen molar-refractivity contribution in [3.63, 3.8) is 0 Å². The summed E-state index contributed by atoms with van der Waals surface area (Å²) in [6.45, 7) is 1.27. The summed E-state index contributed by atoms with van der Waals surface area (Å²) in [4.78, 5) is 4.22. The van der Waals surface area contributed by atoms with Crippen LogP contribution in [0, 0.1) is 5.82 Å². The Kier molecular flexibility index (Phi) is 3.49. The van der Waals surface area contributed by atoms with E-state index in [0.29, 0.717) is 12.1 Å². The van der Waals surface area contributed by atoms with Crippen LogP contribution in [-0.2, 0) is 6.54 Å². The molecule has 0 spiro atoms. The van der Waals surface area contributed by atoms with E-state index in [2.05, 4.69) is 10.3 Å². The van der Waals surface area contributed by atoms with Crippen LogP contribution in [0.4, 0.5) is 4.39 Å². The molecule has 0 atom stereocenters. The third-order valence-corrected chi connectivity index (χ3v) is 3.27. The largest absolute Gasteiger partial charge is 0.361 e. The molecular weight excluding hydrogens is 235 g/mol. The number of nitrogens with one attached hydrogen (secondary N) is 1. The van der Waals surface area contributed by atoms with Crippen molar-refractivity contribution in [2.75, 3.05) is 12.3 Å². The second-order valence-electron chi connectivity index (χ2n) is 3.10. The molecule has 1 aliphatic heterocycles. The van der Waals surface area contributed by atoms with Gasteiger partial charge in [0.15, 0.2) is 5.17 Å². The van der Waals surface area contributed by atoms with Gasteiger partial charge in [-0.2, -0.15) is 0 Å². The molecule has 0 unspecified atom stereocenters. The standard InChI is InChI=1S/C10H10ClFN2S/c11-8-3-1-2-7(9(8)12)6-14-10-13-4-5-15-10/h1-3H,4-6H2,(H,13,14). The third kappa shape index (κ3) is 2.63. The normalized spacial score (nSPS) is 15.2. The Hall–Kier alpha value is -0.740. The fraction of sp³-hybridized carbons (Fsp3) is 0.300. The molecule has 0 saturated carbocycles. The fourth-order valence-corrected chi connectivity index (χ4v) is 2.22. The summed E-state index contributed by atoms with van der Waals surface area (Å²) in [6, 6.07) is 5.00. The minimum Gasteiger partial charge on any atom is -0.361 e. The molecule has 1 aliphatic rings. The van der Waals surface area contributed by atoms with E-state index < -0.39 is 0 Å². The van der Waals surface area contributed by atoms with Crippen LogP contribution in [0.3, 0.4) is 0 Å². The van der Waals surface area contributed by atoms with E-state index >= 15 is 0 Å². The minimum atomic E-state index is -0.352. The van der Waals surface area contributed by atoms with Crippen LogP contribution >= 0.6 is 23.4 Å². The van der Waals surface area contributed by atoms with Crippen LogP contribution in [0.15, 0.2) is 23.2 Å². The van der Waals surface area contributed by atoms with Crippen LogP contribution in [0.25, 0.3) is 0 Å². The minimum absolute atomic E-state index is 0.162. The predicted molar refractivity (Wildman–Crippen MR) is 63.0 cm³/mol. The summed E-state index contributed by atoms with van der Waals surface area (Å²) in [5, 5.41) is 4.13. The van der Waals surface area contributed by atoms with Crippen molar-refractivity contribution in [2.24, 2.45) is 4.99 Å². The second-order valence-corrected chi connectivity index (χ2v) is 4.59. The Morgan fingerprint density at radius 2 is 2.40 bits per heavy atom. The SMILES string of the molecule is Fc1c(Cl)cccc1CNC1=NCCS1. The molecule has 1 aromatic rings. The number of thioether (sulfide) groups is 1. The Labute approximate surface area is 96.9 Å². The Balaban J connectivity index is 2.01. The Morgan fingerprint density at radius 1 is 1.53 bits per heavy atom. The van der Waals surface area contributed by atoms with Gasteiger partial charge < -0.3 is 5.32 Å². The van der Waals surface area contributed by atoms with E-state index in [0.717, 1.165) is 17.5 Å². The lowest BCUT2D eigenvalue weighted by Crippen LogP contribution is -2.18. The lowest BCUT2D eigenvalue weighted by atomic mass is 10.2. The van der Waals surface area contributed by atoms with Gasteiger partial charge in [0, 0.05) is 17.9 Å². The van der Waals surface area contributed by atoms with Gasteiger partial charge in [0.05, 0.1) is 11.6 Å². The van der Waals surface area contributed by atoms with Crippen molar-refractivity contribution in [1.29, 1.82) is 0 Å². The first kappa shape index (κ1) is 10.8. The molecule has 2 rings (SSSR count). The van der Waals surface area contributed by atoms with Crippen molar-refractivity contribution in [2.45, 2.75) is 6.54 Å². The van der Waals surface area contributed by atoms with Gasteiger partial charge in [-0.05, 0) is 6.07 Å². The van der Waals surface area contributed by atoms with Gasteiger partial charge in [-0.25, -0.2) is 4.39 Å². The lowest BCUT2D eigenvalue weighted by Gasteiger charge is -2.06. The summed E-state index contributed by atoms with van der Waals surface area (Å²) in [5.41, 5.74) is 0.567. The molecule has 1 N–H and O–H groups in total. The van der Waals surface area contributed by atoms with Crippen molar-refractivity contribution < 1.29 is 4.39 Å². The average Bonchev–Trinajstić information content (AvgIpc) is 2.73. The maximum Gasteiger partial charge on any atom is 0.156 e. The van der Waals surface area contributed by atoms with E-state index in [1.807, 2.05) is 0 Å². The van der Waals surface area contributed by atoms with Gasteiger partial charge in [0.25, 0.3) is 0 Å². The van der Waals surface area contributed by atoms with Crippen molar-refractivity contribution in [1.82, 2.24) is 5.32 Å². The second kappa shape index (κ2) is 4.86. The van der Waals surface area contributed by atoms with E-state index in [9.17, 15) is 4.39 Å². The highest BCUT2D eigenvalue weighted by molar-refractivity contribution is 8.14. The first-order valence-electron chi connectivity index (χ1n) is 4.61. The number of hydrogen-bond acceptors (Lipinski definition) is 3. The Bertz CT molecular complexity index is 395. The van der Waals surface area contributed by atoms with Crippen LogP contribution < -0.4 is 5.32 Å². The zero-order valence-corrected chi connectivity index (χ0v) is 9.54. The molecule has 15 heavy (non-hydrogen) atoms. The lowest BCUT2D eigenvalue weighted by molar-refractivity contribution is 0.607. The van der Waals surface area contributed by atoms with E-state index in [4.69, 9.17) is 11.6 Å². The van der Waals surface area contributed by atoms with Crippen LogP contribution in [0.1, 0.15) is 5.56 Å². The maximum atomic E-state index is 13.5. The van der Waals surface area contributed by atoms with Gasteiger partial charge in [0.1, 0.15) is 5.82 Å². The van der Waals surface area contributed by atoms with E-state index in [1.165, 1.54) is 0 Å².